The number of nitrogens with zero attached hydrogens (tertiary/aromatic N) is 1. The molecule has 0 bridgehead atoms. The average molecular weight is 414 g/mol. The largest absolute Gasteiger partial charge is 0.385 e. The molecular weight excluding hydrogens is 390 g/mol. The number of anilines is 2. The molecule has 1 aromatic heterocycles. The first-order valence-electron chi connectivity index (χ1n) is 9.13. The highest BCUT2D eigenvalue weighted by Gasteiger charge is 2.18. The van der Waals surface area contributed by atoms with Gasteiger partial charge >= 0.3 is 0 Å². The molecule has 0 radical (unpaired) electrons. The van der Waals surface area contributed by atoms with Gasteiger partial charge in [-0.25, -0.2) is 8.42 Å². The Bertz CT molecular complexity index is 1090. The van der Waals surface area contributed by atoms with Crippen LogP contribution in [0.1, 0.15) is 28.7 Å². The zero-order chi connectivity index (χ0) is 20.9. The monoisotopic (exact) mass is 413 g/mol. The lowest BCUT2D eigenvalue weighted by Crippen LogP contribution is -2.24. The Morgan fingerprint density at radius 2 is 1.83 bits per heavy atom. The molecule has 1 heterocycles. The number of carbonyl (C=O) groups is 1. The number of benzene rings is 2. The van der Waals surface area contributed by atoms with E-state index in [0.717, 1.165) is 5.69 Å². The van der Waals surface area contributed by atoms with Crippen LogP contribution in [0.2, 0.25) is 0 Å². The molecule has 0 saturated carbocycles. The van der Waals surface area contributed by atoms with E-state index >= 15 is 0 Å². The van der Waals surface area contributed by atoms with Crippen molar-refractivity contribution in [2.75, 3.05) is 16.6 Å². The van der Waals surface area contributed by atoms with E-state index in [2.05, 4.69) is 25.6 Å². The summed E-state index contributed by atoms with van der Waals surface area (Å²) >= 11 is 0. The lowest BCUT2D eigenvalue weighted by Gasteiger charge is -2.13. The molecule has 3 rings (SSSR count). The predicted molar refractivity (Wildman–Crippen MR) is 112 cm³/mol. The van der Waals surface area contributed by atoms with Crippen LogP contribution in [-0.4, -0.2) is 31.1 Å². The van der Waals surface area contributed by atoms with E-state index in [1.165, 1.54) is 12.1 Å². The highest BCUT2D eigenvalue weighted by atomic mass is 32.2. The van der Waals surface area contributed by atoms with E-state index in [-0.39, 0.29) is 22.9 Å². The zero-order valence-corrected chi connectivity index (χ0v) is 17.0. The summed E-state index contributed by atoms with van der Waals surface area (Å²) in [4.78, 5) is 12.6. The van der Waals surface area contributed by atoms with Crippen molar-refractivity contribution < 1.29 is 13.2 Å². The Kier molecular flexibility index (Phi) is 6.18. The molecule has 9 heteroatoms. The molecule has 0 spiro atoms. The Hall–Kier alpha value is -3.33. The van der Waals surface area contributed by atoms with E-state index in [4.69, 9.17) is 0 Å². The second kappa shape index (κ2) is 8.78. The van der Waals surface area contributed by atoms with Crippen molar-refractivity contribution in [1.29, 1.82) is 0 Å². The highest BCUT2D eigenvalue weighted by Crippen LogP contribution is 2.22. The first-order chi connectivity index (χ1) is 13.9. The van der Waals surface area contributed by atoms with Crippen molar-refractivity contribution in [1.82, 2.24) is 15.5 Å². The lowest BCUT2D eigenvalue weighted by molar-refractivity contribution is 0.0950. The number of nitrogens with one attached hydrogen (secondary N) is 4. The van der Waals surface area contributed by atoms with E-state index < -0.39 is 10.0 Å². The maximum Gasteiger partial charge on any atom is 0.261 e. The minimum Gasteiger partial charge on any atom is -0.385 e. The van der Waals surface area contributed by atoms with Gasteiger partial charge in [-0.1, -0.05) is 18.2 Å². The summed E-state index contributed by atoms with van der Waals surface area (Å²) in [5.41, 5.74) is 2.82. The smallest absolute Gasteiger partial charge is 0.261 e. The topological polar surface area (TPSA) is 116 Å². The van der Waals surface area contributed by atoms with Crippen molar-refractivity contribution in [2.24, 2.45) is 0 Å². The molecule has 1 amide bonds. The van der Waals surface area contributed by atoms with Gasteiger partial charge < -0.3 is 10.6 Å². The number of H-pyrrole nitrogens is 1. The van der Waals surface area contributed by atoms with Crippen molar-refractivity contribution in [2.45, 2.75) is 25.3 Å². The SMILES string of the molecule is CCNc1cc(C(=O)NCc2cc(C)[nH]n2)cc(S(=O)(=O)Nc2ccccc2)c1. The molecule has 0 aliphatic rings. The molecule has 0 atom stereocenters. The van der Waals surface area contributed by atoms with Gasteiger partial charge in [0.05, 0.1) is 17.1 Å². The number of aryl methyl sites for hydroxylation is 1. The number of hydrogen-bond acceptors (Lipinski definition) is 5. The van der Waals surface area contributed by atoms with Crippen LogP contribution >= 0.6 is 0 Å². The molecule has 0 aliphatic carbocycles. The maximum atomic E-state index is 12.8. The molecule has 2 aromatic carbocycles. The van der Waals surface area contributed by atoms with Gasteiger partial charge in [-0.3, -0.25) is 14.6 Å². The second-order valence-corrected chi connectivity index (χ2v) is 8.16. The number of aromatic nitrogens is 2. The standard InChI is InChI=1S/C20H23N5O3S/c1-3-21-17-10-15(20(26)22-13-18-9-14(2)23-24-18)11-19(12-17)29(27,28)25-16-7-5-4-6-8-16/h4-12,21,25H,3,13H2,1-2H3,(H,22,26)(H,23,24). The van der Waals surface area contributed by atoms with Gasteiger partial charge in [-0.05, 0) is 50.2 Å². The molecule has 29 heavy (non-hydrogen) atoms. The zero-order valence-electron chi connectivity index (χ0n) is 16.2. The van der Waals surface area contributed by atoms with Gasteiger partial charge in [0.1, 0.15) is 0 Å². The Morgan fingerprint density at radius 1 is 1.07 bits per heavy atom. The summed E-state index contributed by atoms with van der Waals surface area (Å²) in [6.45, 7) is 4.58. The van der Waals surface area contributed by atoms with Gasteiger partial charge in [0.25, 0.3) is 15.9 Å². The summed E-state index contributed by atoms with van der Waals surface area (Å²) in [6.07, 6.45) is 0. The van der Waals surface area contributed by atoms with Crippen LogP contribution in [0.4, 0.5) is 11.4 Å². The van der Waals surface area contributed by atoms with E-state index in [1.807, 2.05) is 19.9 Å². The van der Waals surface area contributed by atoms with Crippen LogP contribution in [0.25, 0.3) is 0 Å². The minimum atomic E-state index is -3.86. The Balaban J connectivity index is 1.85. The maximum absolute atomic E-state index is 12.8. The van der Waals surface area contributed by atoms with Crippen molar-refractivity contribution in [3.05, 3.63) is 71.5 Å². The van der Waals surface area contributed by atoms with Crippen LogP contribution in [-0.2, 0) is 16.6 Å². The fourth-order valence-electron chi connectivity index (χ4n) is 2.75. The third kappa shape index (κ3) is 5.35. The van der Waals surface area contributed by atoms with Crippen LogP contribution in [0.3, 0.4) is 0 Å². The summed E-state index contributed by atoms with van der Waals surface area (Å²) in [6, 6.07) is 14.9. The number of para-hydroxylation sites is 1. The van der Waals surface area contributed by atoms with Gasteiger partial charge in [0.2, 0.25) is 0 Å². The normalized spacial score (nSPS) is 11.1. The van der Waals surface area contributed by atoms with Crippen molar-refractivity contribution in [3.63, 3.8) is 0 Å². The third-order valence-electron chi connectivity index (χ3n) is 4.07. The predicted octanol–water partition coefficient (Wildman–Crippen LogP) is 2.88. The third-order valence-corrected chi connectivity index (χ3v) is 5.44. The molecule has 0 aliphatic heterocycles. The average Bonchev–Trinajstić information content (AvgIpc) is 3.12. The van der Waals surface area contributed by atoms with Crippen LogP contribution < -0.4 is 15.4 Å². The number of hydrogen-bond donors (Lipinski definition) is 4. The highest BCUT2D eigenvalue weighted by molar-refractivity contribution is 7.92. The van der Waals surface area contributed by atoms with Gasteiger partial charge in [0, 0.05) is 29.2 Å². The lowest BCUT2D eigenvalue weighted by atomic mass is 10.2. The molecule has 0 saturated heterocycles. The molecule has 0 fully saturated rings. The molecule has 4 N–H and O–H groups in total. The first kappa shape index (κ1) is 20.4. The fourth-order valence-corrected chi connectivity index (χ4v) is 3.88. The Labute approximate surface area is 169 Å². The number of carbonyl (C=O) groups excluding carboxylic acids is 1. The number of amides is 1. The molecular formula is C20H23N5O3S. The summed E-state index contributed by atoms with van der Waals surface area (Å²) in [5.74, 6) is -0.387. The van der Waals surface area contributed by atoms with E-state index in [1.54, 1.807) is 36.4 Å². The van der Waals surface area contributed by atoms with Gasteiger partial charge in [0.15, 0.2) is 0 Å². The van der Waals surface area contributed by atoms with Gasteiger partial charge in [-0.15, -0.1) is 0 Å². The van der Waals surface area contributed by atoms with E-state index in [0.29, 0.717) is 23.6 Å². The van der Waals surface area contributed by atoms with Gasteiger partial charge in [-0.2, -0.15) is 5.10 Å². The van der Waals surface area contributed by atoms with E-state index in [9.17, 15) is 13.2 Å². The Morgan fingerprint density at radius 3 is 2.48 bits per heavy atom. The van der Waals surface area contributed by atoms with Crippen molar-refractivity contribution in [3.8, 4) is 0 Å². The van der Waals surface area contributed by atoms with Crippen LogP contribution in [0.5, 0.6) is 0 Å². The van der Waals surface area contributed by atoms with Crippen LogP contribution in [0, 0.1) is 6.92 Å². The summed E-state index contributed by atoms with van der Waals surface area (Å²) in [5, 5.41) is 12.7. The van der Waals surface area contributed by atoms with Crippen LogP contribution in [0.15, 0.2) is 59.5 Å². The molecule has 3 aromatic rings. The second-order valence-electron chi connectivity index (χ2n) is 6.47. The van der Waals surface area contributed by atoms with Crippen molar-refractivity contribution >= 4 is 27.3 Å². The fraction of sp³-hybridized carbons (Fsp3) is 0.200. The molecule has 8 nitrogen and oxygen atoms in total. The minimum absolute atomic E-state index is 0.000525. The number of sulfonamides is 1. The molecule has 0 unspecified atom stereocenters. The summed E-state index contributed by atoms with van der Waals surface area (Å²) < 4.78 is 28.2. The number of rotatable bonds is 8. The number of aromatic amines is 1. The first-order valence-corrected chi connectivity index (χ1v) is 10.6. The summed E-state index contributed by atoms with van der Waals surface area (Å²) in [7, 11) is -3.86. The molecule has 152 valence electrons. The quantitative estimate of drug-likeness (QED) is 0.453.